The highest BCUT2D eigenvalue weighted by Crippen LogP contribution is 2.19. The van der Waals surface area contributed by atoms with E-state index >= 15 is 0 Å². The van der Waals surface area contributed by atoms with Crippen LogP contribution in [0.25, 0.3) is 0 Å². The smallest absolute Gasteiger partial charge is 0.308 e. The van der Waals surface area contributed by atoms with E-state index in [1.54, 1.807) is 4.90 Å². The van der Waals surface area contributed by atoms with E-state index in [1.807, 2.05) is 24.3 Å². The van der Waals surface area contributed by atoms with Gasteiger partial charge in [0.1, 0.15) is 5.75 Å². The second kappa shape index (κ2) is 7.99. The van der Waals surface area contributed by atoms with Gasteiger partial charge in [0.05, 0.1) is 18.9 Å². The van der Waals surface area contributed by atoms with E-state index in [9.17, 15) is 9.59 Å². The molecular weight excluding hydrogens is 294 g/mol. The van der Waals surface area contributed by atoms with Gasteiger partial charge in [-0.05, 0) is 36.5 Å². The average molecular weight is 319 g/mol. The van der Waals surface area contributed by atoms with E-state index in [0.29, 0.717) is 38.5 Å². The first-order chi connectivity index (χ1) is 11.0. The molecule has 1 aliphatic rings. The summed E-state index contributed by atoms with van der Waals surface area (Å²) in [5.41, 5.74) is 0.921. The molecule has 1 saturated heterocycles. The minimum absolute atomic E-state index is 0.00759. The summed E-state index contributed by atoms with van der Waals surface area (Å²) in [5, 5.41) is 9.10. The van der Waals surface area contributed by atoms with Crippen LogP contribution in [0, 0.1) is 11.8 Å². The van der Waals surface area contributed by atoms with Crippen molar-refractivity contribution in [3.05, 3.63) is 29.8 Å². The molecule has 5 nitrogen and oxygen atoms in total. The summed E-state index contributed by atoms with van der Waals surface area (Å²) in [7, 11) is 0. The molecule has 5 heteroatoms. The van der Waals surface area contributed by atoms with Crippen LogP contribution < -0.4 is 4.74 Å². The van der Waals surface area contributed by atoms with Crippen molar-refractivity contribution in [2.24, 2.45) is 11.8 Å². The molecule has 0 spiro atoms. The Morgan fingerprint density at radius 3 is 2.61 bits per heavy atom. The van der Waals surface area contributed by atoms with Crippen LogP contribution in [0.1, 0.15) is 32.3 Å². The SMILES string of the molecule is CC(C)COc1ccc(CC(=O)N2CCCC(C(=O)O)C2)cc1. The predicted octanol–water partition coefficient (Wildman–Crippen LogP) is 2.59. The zero-order valence-corrected chi connectivity index (χ0v) is 13.8. The van der Waals surface area contributed by atoms with Crippen molar-refractivity contribution in [1.82, 2.24) is 4.90 Å². The zero-order valence-electron chi connectivity index (χ0n) is 13.8. The first-order valence-corrected chi connectivity index (χ1v) is 8.18. The maximum absolute atomic E-state index is 12.3. The van der Waals surface area contributed by atoms with Crippen LogP contribution in [-0.2, 0) is 16.0 Å². The van der Waals surface area contributed by atoms with Gasteiger partial charge in [-0.2, -0.15) is 0 Å². The van der Waals surface area contributed by atoms with Crippen LogP contribution in [0.5, 0.6) is 5.75 Å². The number of hydrogen-bond donors (Lipinski definition) is 1. The molecule has 0 bridgehead atoms. The molecule has 2 rings (SSSR count). The number of benzene rings is 1. The minimum Gasteiger partial charge on any atom is -0.493 e. The van der Waals surface area contributed by atoms with Crippen molar-refractivity contribution in [3.8, 4) is 5.75 Å². The second-order valence-corrected chi connectivity index (χ2v) is 6.54. The molecule has 1 unspecified atom stereocenters. The van der Waals surface area contributed by atoms with Gasteiger partial charge in [0.15, 0.2) is 0 Å². The van der Waals surface area contributed by atoms with Gasteiger partial charge in [-0.25, -0.2) is 0 Å². The van der Waals surface area contributed by atoms with E-state index < -0.39 is 11.9 Å². The number of ether oxygens (including phenoxy) is 1. The van der Waals surface area contributed by atoms with Gasteiger partial charge in [0, 0.05) is 13.1 Å². The predicted molar refractivity (Wildman–Crippen MR) is 87.4 cm³/mol. The van der Waals surface area contributed by atoms with Crippen molar-refractivity contribution in [1.29, 1.82) is 0 Å². The Labute approximate surface area is 137 Å². The van der Waals surface area contributed by atoms with Crippen LogP contribution in [-0.4, -0.2) is 41.6 Å². The molecule has 0 aromatic heterocycles. The fourth-order valence-corrected chi connectivity index (χ4v) is 2.66. The lowest BCUT2D eigenvalue weighted by Gasteiger charge is -2.30. The zero-order chi connectivity index (χ0) is 16.8. The lowest BCUT2D eigenvalue weighted by molar-refractivity contribution is -0.145. The van der Waals surface area contributed by atoms with E-state index in [1.165, 1.54) is 0 Å². The van der Waals surface area contributed by atoms with Crippen molar-refractivity contribution < 1.29 is 19.4 Å². The van der Waals surface area contributed by atoms with Crippen LogP contribution in [0.2, 0.25) is 0 Å². The van der Waals surface area contributed by atoms with E-state index in [-0.39, 0.29) is 5.91 Å². The summed E-state index contributed by atoms with van der Waals surface area (Å²) in [6, 6.07) is 7.54. The Hall–Kier alpha value is -2.04. The summed E-state index contributed by atoms with van der Waals surface area (Å²) < 4.78 is 5.62. The van der Waals surface area contributed by atoms with Crippen molar-refractivity contribution in [3.63, 3.8) is 0 Å². The van der Waals surface area contributed by atoms with Crippen LogP contribution in [0.15, 0.2) is 24.3 Å². The van der Waals surface area contributed by atoms with Gasteiger partial charge in [0.2, 0.25) is 5.91 Å². The minimum atomic E-state index is -0.811. The number of likely N-dealkylation sites (tertiary alicyclic amines) is 1. The number of rotatable bonds is 6. The van der Waals surface area contributed by atoms with Gasteiger partial charge in [-0.15, -0.1) is 0 Å². The van der Waals surface area contributed by atoms with Crippen LogP contribution in [0.3, 0.4) is 0 Å². The molecule has 0 saturated carbocycles. The summed E-state index contributed by atoms with van der Waals surface area (Å²) >= 11 is 0. The number of carboxylic acids is 1. The number of hydrogen-bond acceptors (Lipinski definition) is 3. The lowest BCUT2D eigenvalue weighted by atomic mass is 9.97. The number of piperidine rings is 1. The van der Waals surface area contributed by atoms with Gasteiger partial charge in [0.25, 0.3) is 0 Å². The molecule has 1 aromatic carbocycles. The number of nitrogens with zero attached hydrogens (tertiary/aromatic N) is 1. The van der Waals surface area contributed by atoms with E-state index in [4.69, 9.17) is 9.84 Å². The molecule has 1 aromatic rings. The molecule has 1 amide bonds. The number of carboxylic acid groups (broad SMARTS) is 1. The maximum Gasteiger partial charge on any atom is 0.308 e. The van der Waals surface area contributed by atoms with Crippen LogP contribution >= 0.6 is 0 Å². The van der Waals surface area contributed by atoms with E-state index in [2.05, 4.69) is 13.8 Å². The third-order valence-corrected chi connectivity index (χ3v) is 3.99. The fraction of sp³-hybridized carbons (Fsp3) is 0.556. The van der Waals surface area contributed by atoms with Crippen molar-refractivity contribution >= 4 is 11.9 Å². The molecule has 23 heavy (non-hydrogen) atoms. The summed E-state index contributed by atoms with van der Waals surface area (Å²) in [6.07, 6.45) is 1.71. The topological polar surface area (TPSA) is 66.8 Å². The highest BCUT2D eigenvalue weighted by atomic mass is 16.5. The van der Waals surface area contributed by atoms with Crippen LogP contribution in [0.4, 0.5) is 0 Å². The third-order valence-electron chi connectivity index (χ3n) is 3.99. The molecule has 1 N–H and O–H groups in total. The molecular formula is C18H25NO4. The number of amides is 1. The second-order valence-electron chi connectivity index (χ2n) is 6.54. The monoisotopic (exact) mass is 319 g/mol. The number of carbonyl (C=O) groups is 2. The van der Waals surface area contributed by atoms with Crippen molar-refractivity contribution in [2.45, 2.75) is 33.1 Å². The molecule has 126 valence electrons. The molecule has 1 heterocycles. The largest absolute Gasteiger partial charge is 0.493 e. The molecule has 1 atom stereocenters. The third kappa shape index (κ3) is 5.27. The standard InChI is InChI=1S/C18H25NO4/c1-13(2)12-23-16-7-5-14(6-8-16)10-17(20)19-9-3-4-15(11-19)18(21)22/h5-8,13,15H,3-4,9-12H2,1-2H3,(H,21,22). The molecule has 1 aliphatic heterocycles. The Morgan fingerprint density at radius 2 is 2.00 bits per heavy atom. The first-order valence-electron chi connectivity index (χ1n) is 8.18. The highest BCUT2D eigenvalue weighted by molar-refractivity contribution is 5.80. The van der Waals surface area contributed by atoms with Gasteiger partial charge in [-0.1, -0.05) is 26.0 Å². The quantitative estimate of drug-likeness (QED) is 0.875. The summed E-state index contributed by atoms with van der Waals surface area (Å²) in [5.74, 6) is 0.0248. The average Bonchev–Trinajstić information content (AvgIpc) is 2.54. The van der Waals surface area contributed by atoms with Gasteiger partial charge >= 0.3 is 5.97 Å². The molecule has 1 fully saturated rings. The lowest BCUT2D eigenvalue weighted by Crippen LogP contribution is -2.42. The summed E-state index contributed by atoms with van der Waals surface area (Å²) in [4.78, 5) is 25.1. The Morgan fingerprint density at radius 1 is 1.30 bits per heavy atom. The Balaban J connectivity index is 1.88. The Kier molecular flexibility index (Phi) is 6.02. The number of carbonyl (C=O) groups excluding carboxylic acids is 1. The molecule has 0 radical (unpaired) electrons. The normalized spacial score (nSPS) is 18.0. The van der Waals surface area contributed by atoms with E-state index in [0.717, 1.165) is 17.7 Å². The van der Waals surface area contributed by atoms with Gasteiger partial charge in [-0.3, -0.25) is 9.59 Å². The highest BCUT2D eigenvalue weighted by Gasteiger charge is 2.27. The Bertz CT molecular complexity index is 538. The fourth-order valence-electron chi connectivity index (χ4n) is 2.66. The summed E-state index contributed by atoms with van der Waals surface area (Å²) in [6.45, 7) is 5.83. The van der Waals surface area contributed by atoms with Crippen molar-refractivity contribution in [2.75, 3.05) is 19.7 Å². The number of aliphatic carboxylic acids is 1. The molecule has 0 aliphatic carbocycles. The maximum atomic E-state index is 12.3. The first kappa shape index (κ1) is 17.3. The van der Waals surface area contributed by atoms with Gasteiger partial charge < -0.3 is 14.7 Å².